The molecule has 0 bridgehead atoms. The van der Waals surface area contributed by atoms with Crippen LogP contribution < -0.4 is 10.6 Å². The summed E-state index contributed by atoms with van der Waals surface area (Å²) in [6, 6.07) is 4.05. The van der Waals surface area contributed by atoms with Crippen LogP contribution in [-0.2, 0) is 4.79 Å². The Labute approximate surface area is 166 Å². The Kier molecular flexibility index (Phi) is 6.71. The van der Waals surface area contributed by atoms with Gasteiger partial charge in [0.1, 0.15) is 11.4 Å². The number of hydrogen-bond donors (Lipinski definition) is 2. The van der Waals surface area contributed by atoms with Crippen molar-refractivity contribution in [2.75, 3.05) is 19.6 Å². The summed E-state index contributed by atoms with van der Waals surface area (Å²) in [5, 5.41) is 4.65. The van der Waals surface area contributed by atoms with Gasteiger partial charge < -0.3 is 15.5 Å². The topological polar surface area (TPSA) is 61.4 Å². The van der Waals surface area contributed by atoms with Gasteiger partial charge in [0.15, 0.2) is 0 Å². The largest absolute Gasteiger partial charge is 0.410 e. The molecule has 29 heavy (non-hydrogen) atoms. The van der Waals surface area contributed by atoms with Crippen LogP contribution in [-0.4, -0.2) is 48.1 Å². The summed E-state index contributed by atoms with van der Waals surface area (Å²) in [6.45, 7) is 3.77. The SMILES string of the molecule is Cc1cc(F)cc(C(=O)NCC2=CCN(CC(=O)NC(C)(C)C(F)(F)F)C=C2)c1. The Balaban J connectivity index is 1.83. The molecule has 0 aromatic heterocycles. The summed E-state index contributed by atoms with van der Waals surface area (Å²) in [5.74, 6) is -1.66. The molecule has 1 aliphatic heterocycles. The van der Waals surface area contributed by atoms with Gasteiger partial charge >= 0.3 is 6.18 Å². The van der Waals surface area contributed by atoms with Crippen molar-refractivity contribution in [3.8, 4) is 0 Å². The zero-order valence-corrected chi connectivity index (χ0v) is 16.4. The van der Waals surface area contributed by atoms with Crippen LogP contribution in [0, 0.1) is 12.7 Å². The molecular formula is C20H23F4N3O2. The lowest BCUT2D eigenvalue weighted by Gasteiger charge is -2.30. The Hall–Kier alpha value is -2.84. The molecule has 0 spiro atoms. The molecule has 0 fully saturated rings. The van der Waals surface area contributed by atoms with Crippen molar-refractivity contribution >= 4 is 11.8 Å². The van der Waals surface area contributed by atoms with E-state index in [1.54, 1.807) is 36.2 Å². The highest BCUT2D eigenvalue weighted by Gasteiger charge is 2.48. The zero-order valence-electron chi connectivity index (χ0n) is 16.4. The van der Waals surface area contributed by atoms with Gasteiger partial charge in [-0.05, 0) is 56.2 Å². The number of hydrogen-bond acceptors (Lipinski definition) is 3. The van der Waals surface area contributed by atoms with E-state index >= 15 is 0 Å². The molecule has 1 aromatic carbocycles. The normalized spacial score (nSPS) is 14.4. The molecule has 5 nitrogen and oxygen atoms in total. The average Bonchev–Trinajstić information content (AvgIpc) is 2.58. The minimum absolute atomic E-state index is 0.200. The number of carbonyl (C=O) groups is 2. The van der Waals surface area contributed by atoms with Crippen molar-refractivity contribution < 1.29 is 27.2 Å². The number of aryl methyl sites for hydroxylation is 1. The van der Waals surface area contributed by atoms with Crippen LogP contribution in [0.3, 0.4) is 0 Å². The lowest BCUT2D eigenvalue weighted by molar-refractivity contribution is -0.188. The van der Waals surface area contributed by atoms with E-state index in [1.807, 2.05) is 5.32 Å². The Bertz CT molecular complexity index is 824. The lowest BCUT2D eigenvalue weighted by atomic mass is 10.1. The van der Waals surface area contributed by atoms with Crippen molar-refractivity contribution in [1.82, 2.24) is 15.5 Å². The molecular weight excluding hydrogens is 390 g/mol. The maximum absolute atomic E-state index is 13.4. The van der Waals surface area contributed by atoms with Crippen molar-refractivity contribution in [2.24, 2.45) is 0 Å². The highest BCUT2D eigenvalue weighted by Crippen LogP contribution is 2.29. The fourth-order valence-corrected chi connectivity index (χ4v) is 2.61. The molecule has 0 radical (unpaired) electrons. The van der Waals surface area contributed by atoms with Crippen molar-refractivity contribution in [1.29, 1.82) is 0 Å². The minimum Gasteiger partial charge on any atom is -0.364 e. The molecule has 2 rings (SSSR count). The van der Waals surface area contributed by atoms with Crippen LogP contribution in [0.25, 0.3) is 0 Å². The Morgan fingerprint density at radius 3 is 2.41 bits per heavy atom. The first-order valence-electron chi connectivity index (χ1n) is 8.92. The van der Waals surface area contributed by atoms with E-state index < -0.39 is 29.3 Å². The summed E-state index contributed by atoms with van der Waals surface area (Å²) in [4.78, 5) is 25.6. The van der Waals surface area contributed by atoms with Gasteiger partial charge in [0.05, 0.1) is 6.54 Å². The number of alkyl halides is 3. The second-order valence-corrected chi connectivity index (χ2v) is 7.40. The predicted molar refractivity (Wildman–Crippen MR) is 101 cm³/mol. The van der Waals surface area contributed by atoms with Crippen molar-refractivity contribution in [2.45, 2.75) is 32.5 Å². The van der Waals surface area contributed by atoms with Crippen LogP contribution >= 0.6 is 0 Å². The molecule has 158 valence electrons. The third-order valence-electron chi connectivity index (χ3n) is 4.35. The van der Waals surface area contributed by atoms with Gasteiger partial charge in [-0.3, -0.25) is 9.59 Å². The number of nitrogens with one attached hydrogen (secondary N) is 2. The lowest BCUT2D eigenvalue weighted by Crippen LogP contribution is -2.56. The van der Waals surface area contributed by atoms with Gasteiger partial charge in [0.25, 0.3) is 5.91 Å². The quantitative estimate of drug-likeness (QED) is 0.705. The van der Waals surface area contributed by atoms with Gasteiger partial charge in [0.2, 0.25) is 5.91 Å². The van der Waals surface area contributed by atoms with E-state index in [0.29, 0.717) is 12.1 Å². The molecule has 0 saturated heterocycles. The van der Waals surface area contributed by atoms with E-state index in [9.17, 15) is 27.2 Å². The third-order valence-corrected chi connectivity index (χ3v) is 4.35. The van der Waals surface area contributed by atoms with E-state index in [0.717, 1.165) is 25.5 Å². The van der Waals surface area contributed by atoms with Crippen LogP contribution in [0.1, 0.15) is 29.8 Å². The van der Waals surface area contributed by atoms with E-state index in [1.165, 1.54) is 6.07 Å². The standard InChI is InChI=1S/C20H23F4N3O2/c1-13-8-15(10-16(21)9-13)18(29)25-11-14-4-6-27(7-5-14)12-17(28)26-19(2,3)20(22,23)24/h4-6,8-10H,7,11-12H2,1-3H3,(H,25,29)(H,26,28). The molecule has 1 aromatic rings. The van der Waals surface area contributed by atoms with E-state index in [4.69, 9.17) is 0 Å². The minimum atomic E-state index is -4.55. The number of carbonyl (C=O) groups excluding carboxylic acids is 2. The van der Waals surface area contributed by atoms with Crippen LogP contribution in [0.2, 0.25) is 0 Å². The summed E-state index contributed by atoms with van der Waals surface area (Å²) >= 11 is 0. The predicted octanol–water partition coefficient (Wildman–Crippen LogP) is 3.08. The number of nitrogens with zero attached hydrogens (tertiary/aromatic N) is 1. The molecule has 0 atom stereocenters. The Morgan fingerprint density at radius 2 is 1.86 bits per heavy atom. The number of benzene rings is 1. The first-order valence-corrected chi connectivity index (χ1v) is 8.92. The van der Waals surface area contributed by atoms with Gasteiger partial charge in [-0.1, -0.05) is 6.08 Å². The fraction of sp³-hybridized carbons (Fsp3) is 0.400. The molecule has 0 aliphatic carbocycles. The van der Waals surface area contributed by atoms with Crippen molar-refractivity contribution in [3.63, 3.8) is 0 Å². The van der Waals surface area contributed by atoms with Crippen LogP contribution in [0.15, 0.2) is 42.1 Å². The smallest absolute Gasteiger partial charge is 0.364 e. The van der Waals surface area contributed by atoms with E-state index in [-0.39, 0.29) is 18.7 Å². The monoisotopic (exact) mass is 413 g/mol. The number of amides is 2. The molecule has 2 amide bonds. The molecule has 0 saturated carbocycles. The molecule has 1 aliphatic rings. The van der Waals surface area contributed by atoms with E-state index in [2.05, 4.69) is 5.32 Å². The van der Waals surface area contributed by atoms with Crippen LogP contribution in [0.5, 0.6) is 0 Å². The molecule has 2 N–H and O–H groups in total. The first-order chi connectivity index (χ1) is 13.4. The number of rotatable bonds is 6. The second-order valence-electron chi connectivity index (χ2n) is 7.40. The highest BCUT2D eigenvalue weighted by atomic mass is 19.4. The summed E-state index contributed by atoms with van der Waals surface area (Å²) in [7, 11) is 0. The average molecular weight is 413 g/mol. The maximum Gasteiger partial charge on any atom is 0.410 e. The maximum atomic E-state index is 13.4. The van der Waals surface area contributed by atoms with Crippen LogP contribution in [0.4, 0.5) is 17.6 Å². The Morgan fingerprint density at radius 1 is 1.17 bits per heavy atom. The highest BCUT2D eigenvalue weighted by molar-refractivity contribution is 5.94. The van der Waals surface area contributed by atoms with Gasteiger partial charge in [-0.15, -0.1) is 0 Å². The summed E-state index contributed by atoms with van der Waals surface area (Å²) in [5.41, 5.74) is -0.703. The molecule has 9 heteroatoms. The summed E-state index contributed by atoms with van der Waals surface area (Å²) < 4.78 is 51.9. The fourth-order valence-electron chi connectivity index (χ4n) is 2.61. The zero-order chi connectivity index (χ0) is 21.8. The third kappa shape index (κ3) is 6.33. The first kappa shape index (κ1) is 22.4. The number of halogens is 4. The van der Waals surface area contributed by atoms with Gasteiger partial charge in [-0.2, -0.15) is 13.2 Å². The molecule has 1 heterocycles. The van der Waals surface area contributed by atoms with Gasteiger partial charge in [0, 0.05) is 24.9 Å². The second kappa shape index (κ2) is 8.67. The van der Waals surface area contributed by atoms with Gasteiger partial charge in [-0.25, -0.2) is 4.39 Å². The molecule has 0 unspecified atom stereocenters. The summed E-state index contributed by atoms with van der Waals surface area (Å²) in [6.07, 6.45) is 0.432. The van der Waals surface area contributed by atoms with Crippen molar-refractivity contribution in [3.05, 3.63) is 59.1 Å².